The molecule has 0 radical (unpaired) electrons. The summed E-state index contributed by atoms with van der Waals surface area (Å²) in [5, 5.41) is 12.0. The van der Waals surface area contributed by atoms with Gasteiger partial charge in [0.05, 0.1) is 11.6 Å². The number of piperazine rings is 1. The quantitative estimate of drug-likeness (QED) is 0.866. The number of hydrogen-bond acceptors (Lipinski definition) is 3. The second kappa shape index (κ2) is 6.72. The zero-order valence-corrected chi connectivity index (χ0v) is 12.5. The number of amides is 1. The van der Waals surface area contributed by atoms with Gasteiger partial charge in [0.2, 0.25) is 5.91 Å². The first-order chi connectivity index (χ1) is 9.97. The van der Waals surface area contributed by atoms with Crippen molar-refractivity contribution in [3.63, 3.8) is 0 Å². The van der Waals surface area contributed by atoms with Crippen LogP contribution in [0.2, 0.25) is 0 Å². The summed E-state index contributed by atoms with van der Waals surface area (Å²) < 4.78 is 0. The van der Waals surface area contributed by atoms with E-state index in [1.54, 1.807) is 18.2 Å². The number of carbonyl (C=O) groups excluding carboxylic acids is 1. The molecule has 2 N–H and O–H groups in total. The van der Waals surface area contributed by atoms with Crippen LogP contribution in [0.25, 0.3) is 0 Å². The lowest BCUT2D eigenvalue weighted by Crippen LogP contribution is -2.55. The molecule has 21 heavy (non-hydrogen) atoms. The molecule has 1 aromatic rings. The normalized spacial score (nSPS) is 19.6. The van der Waals surface area contributed by atoms with Gasteiger partial charge in [-0.25, -0.2) is 4.79 Å². The van der Waals surface area contributed by atoms with Crippen molar-refractivity contribution in [2.75, 3.05) is 13.1 Å². The lowest BCUT2D eigenvalue weighted by Gasteiger charge is -2.36. The van der Waals surface area contributed by atoms with E-state index in [-0.39, 0.29) is 17.5 Å². The third-order valence-corrected chi connectivity index (χ3v) is 3.70. The Kier molecular flexibility index (Phi) is 4.96. The van der Waals surface area contributed by atoms with Gasteiger partial charge in [0.1, 0.15) is 0 Å². The van der Waals surface area contributed by atoms with E-state index in [2.05, 4.69) is 24.1 Å². The van der Waals surface area contributed by atoms with Gasteiger partial charge < -0.3 is 10.4 Å². The minimum atomic E-state index is -0.924. The van der Waals surface area contributed by atoms with E-state index in [4.69, 9.17) is 5.11 Å². The fourth-order valence-electron chi connectivity index (χ4n) is 2.69. The molecule has 1 amide bonds. The van der Waals surface area contributed by atoms with E-state index >= 15 is 0 Å². The van der Waals surface area contributed by atoms with E-state index in [1.165, 1.54) is 0 Å². The zero-order chi connectivity index (χ0) is 15.4. The molecule has 114 valence electrons. The molecule has 1 heterocycles. The highest BCUT2D eigenvalue weighted by Gasteiger charge is 2.30. The number of carboxylic acid groups (broad SMARTS) is 1. The molecule has 1 saturated heterocycles. The molecular weight excluding hydrogens is 268 g/mol. The molecule has 1 atom stereocenters. The average Bonchev–Trinajstić information content (AvgIpc) is 2.42. The van der Waals surface area contributed by atoms with Crippen molar-refractivity contribution in [3.8, 4) is 0 Å². The van der Waals surface area contributed by atoms with Crippen molar-refractivity contribution < 1.29 is 14.7 Å². The average molecular weight is 290 g/mol. The third kappa shape index (κ3) is 4.04. The fourth-order valence-corrected chi connectivity index (χ4v) is 2.69. The molecule has 1 unspecified atom stereocenters. The summed E-state index contributed by atoms with van der Waals surface area (Å²) in [5.41, 5.74) is 1.22. The number of carboxylic acids is 1. The minimum absolute atomic E-state index is 0.0735. The molecule has 5 nitrogen and oxygen atoms in total. The van der Waals surface area contributed by atoms with Crippen molar-refractivity contribution in [1.82, 2.24) is 10.2 Å². The van der Waals surface area contributed by atoms with E-state index in [9.17, 15) is 9.59 Å². The molecule has 0 aromatic heterocycles. The summed E-state index contributed by atoms with van der Waals surface area (Å²) in [6.45, 7) is 6.24. The highest BCUT2D eigenvalue weighted by atomic mass is 16.4. The highest BCUT2D eigenvalue weighted by molar-refractivity contribution is 5.87. The molecular formula is C16H22N2O3. The number of nitrogens with zero attached hydrogens (tertiary/aromatic N) is 1. The first-order valence-corrected chi connectivity index (χ1v) is 7.31. The predicted octanol–water partition coefficient (Wildman–Crippen LogP) is 1.73. The molecule has 0 aliphatic carbocycles. The first-order valence-electron chi connectivity index (χ1n) is 7.31. The predicted molar refractivity (Wildman–Crippen MR) is 80.1 cm³/mol. The van der Waals surface area contributed by atoms with Gasteiger partial charge in [0, 0.05) is 19.6 Å². The van der Waals surface area contributed by atoms with Crippen molar-refractivity contribution in [1.29, 1.82) is 0 Å². The summed E-state index contributed by atoms with van der Waals surface area (Å²) in [5.74, 6) is -0.414. The number of benzene rings is 1. The largest absolute Gasteiger partial charge is 0.478 e. The Balaban J connectivity index is 2.13. The summed E-state index contributed by atoms with van der Waals surface area (Å²) in [7, 11) is 0. The smallest absolute Gasteiger partial charge is 0.335 e. The van der Waals surface area contributed by atoms with Crippen LogP contribution in [-0.2, 0) is 11.3 Å². The summed E-state index contributed by atoms with van der Waals surface area (Å²) >= 11 is 0. The Morgan fingerprint density at radius 2 is 2.24 bits per heavy atom. The maximum Gasteiger partial charge on any atom is 0.335 e. The van der Waals surface area contributed by atoms with Crippen molar-refractivity contribution in [3.05, 3.63) is 35.4 Å². The number of rotatable bonds is 5. The maximum absolute atomic E-state index is 12.1. The van der Waals surface area contributed by atoms with Crippen LogP contribution in [0.3, 0.4) is 0 Å². The topological polar surface area (TPSA) is 69.6 Å². The number of aromatic carboxylic acids is 1. The standard InChI is InChI=1S/C16H22N2O3/c1-11(2)8-14-15(19)17-6-7-18(14)10-12-4-3-5-13(9-12)16(20)21/h3-5,9,11,14H,6-8,10H2,1-2H3,(H,17,19)(H,20,21). The van der Waals surface area contributed by atoms with Crippen LogP contribution in [0.5, 0.6) is 0 Å². The number of hydrogen-bond donors (Lipinski definition) is 2. The Labute approximate surface area is 125 Å². The van der Waals surface area contributed by atoms with Crippen molar-refractivity contribution in [2.45, 2.75) is 32.9 Å². The second-order valence-electron chi connectivity index (χ2n) is 5.91. The van der Waals surface area contributed by atoms with Crippen LogP contribution in [0.4, 0.5) is 0 Å². The van der Waals surface area contributed by atoms with E-state index in [0.29, 0.717) is 19.0 Å². The first kappa shape index (κ1) is 15.5. The lowest BCUT2D eigenvalue weighted by molar-refractivity contribution is -0.130. The monoisotopic (exact) mass is 290 g/mol. The van der Waals surface area contributed by atoms with Gasteiger partial charge in [-0.05, 0) is 30.0 Å². The zero-order valence-electron chi connectivity index (χ0n) is 12.5. The lowest BCUT2D eigenvalue weighted by atomic mass is 9.99. The van der Waals surface area contributed by atoms with E-state index in [0.717, 1.165) is 18.5 Å². The van der Waals surface area contributed by atoms with E-state index in [1.807, 2.05) is 6.07 Å². The van der Waals surface area contributed by atoms with Gasteiger partial charge in [-0.15, -0.1) is 0 Å². The van der Waals surface area contributed by atoms with Gasteiger partial charge in [-0.3, -0.25) is 9.69 Å². The van der Waals surface area contributed by atoms with Gasteiger partial charge >= 0.3 is 5.97 Å². The molecule has 1 aromatic carbocycles. The Bertz CT molecular complexity index is 528. The van der Waals surface area contributed by atoms with Crippen LogP contribution in [0, 0.1) is 5.92 Å². The van der Waals surface area contributed by atoms with E-state index < -0.39 is 5.97 Å². The van der Waals surface area contributed by atoms with Crippen molar-refractivity contribution >= 4 is 11.9 Å². The SMILES string of the molecule is CC(C)CC1C(=O)NCCN1Cc1cccc(C(=O)O)c1. The number of carbonyl (C=O) groups is 2. The molecule has 2 rings (SSSR count). The molecule has 0 spiro atoms. The molecule has 1 fully saturated rings. The van der Waals surface area contributed by atoms with Crippen LogP contribution in [0.1, 0.15) is 36.2 Å². The minimum Gasteiger partial charge on any atom is -0.478 e. The fraction of sp³-hybridized carbons (Fsp3) is 0.500. The van der Waals surface area contributed by atoms with Crippen LogP contribution in [-0.4, -0.2) is 41.0 Å². The molecule has 5 heteroatoms. The molecule has 0 saturated carbocycles. The highest BCUT2D eigenvalue weighted by Crippen LogP contribution is 2.18. The summed E-state index contributed by atoms with van der Waals surface area (Å²) in [6.07, 6.45) is 0.810. The summed E-state index contributed by atoms with van der Waals surface area (Å²) in [4.78, 5) is 25.2. The van der Waals surface area contributed by atoms with Crippen LogP contribution in [0.15, 0.2) is 24.3 Å². The van der Waals surface area contributed by atoms with Crippen molar-refractivity contribution in [2.24, 2.45) is 5.92 Å². The molecule has 0 bridgehead atoms. The van der Waals surface area contributed by atoms with Gasteiger partial charge in [0.25, 0.3) is 0 Å². The number of nitrogens with one attached hydrogen (secondary N) is 1. The molecule has 1 aliphatic rings. The van der Waals surface area contributed by atoms with Gasteiger partial charge in [-0.1, -0.05) is 26.0 Å². The molecule has 1 aliphatic heterocycles. The third-order valence-electron chi connectivity index (χ3n) is 3.70. The van der Waals surface area contributed by atoms with Crippen LogP contribution >= 0.6 is 0 Å². The van der Waals surface area contributed by atoms with Crippen LogP contribution < -0.4 is 5.32 Å². The maximum atomic E-state index is 12.1. The Hall–Kier alpha value is -1.88. The Morgan fingerprint density at radius 3 is 2.90 bits per heavy atom. The summed E-state index contributed by atoms with van der Waals surface area (Å²) in [6, 6.07) is 6.79. The van der Waals surface area contributed by atoms with Gasteiger partial charge in [-0.2, -0.15) is 0 Å². The second-order valence-corrected chi connectivity index (χ2v) is 5.91. The van der Waals surface area contributed by atoms with Gasteiger partial charge in [0.15, 0.2) is 0 Å². The Morgan fingerprint density at radius 1 is 1.48 bits per heavy atom.